The minimum absolute atomic E-state index is 0.00978. The number of nitrogens with one attached hydrogen (secondary N) is 1. The van der Waals surface area contributed by atoms with E-state index in [-0.39, 0.29) is 12.5 Å². The van der Waals surface area contributed by atoms with E-state index < -0.39 is 5.54 Å². The molecule has 0 bridgehead atoms. The molecule has 1 aliphatic rings. The van der Waals surface area contributed by atoms with Crippen LogP contribution in [-0.4, -0.2) is 27.7 Å². The molecule has 1 fully saturated rings. The molecular formula is C17H22N2O2. The Kier molecular flexibility index (Phi) is 3.72. The number of aliphatic hydroxyl groups is 1. The smallest absolute Gasteiger partial charge is 0.222 e. The zero-order valence-corrected chi connectivity index (χ0v) is 12.4. The molecule has 1 saturated carbocycles. The van der Waals surface area contributed by atoms with Crippen molar-refractivity contribution < 1.29 is 9.90 Å². The van der Waals surface area contributed by atoms with Gasteiger partial charge in [0.05, 0.1) is 12.1 Å². The SMILES string of the molecule is CC(CO)(NC(=O)CCn1ccc2ccccc21)C1CC1. The van der Waals surface area contributed by atoms with Crippen molar-refractivity contribution in [3.63, 3.8) is 0 Å². The fraction of sp³-hybridized carbons (Fsp3) is 0.471. The van der Waals surface area contributed by atoms with E-state index in [1.165, 1.54) is 5.39 Å². The van der Waals surface area contributed by atoms with Crippen LogP contribution in [0.5, 0.6) is 0 Å². The average molecular weight is 286 g/mol. The maximum atomic E-state index is 12.1. The van der Waals surface area contributed by atoms with Gasteiger partial charge in [0, 0.05) is 24.7 Å². The molecule has 112 valence electrons. The van der Waals surface area contributed by atoms with E-state index in [1.807, 2.05) is 25.3 Å². The second-order valence-electron chi connectivity index (χ2n) is 6.22. The van der Waals surface area contributed by atoms with Crippen LogP contribution >= 0.6 is 0 Å². The third kappa shape index (κ3) is 2.95. The zero-order chi connectivity index (χ0) is 14.9. The number of aliphatic hydroxyl groups excluding tert-OH is 1. The molecule has 1 atom stereocenters. The number of aromatic nitrogens is 1. The number of carbonyl (C=O) groups excluding carboxylic acids is 1. The van der Waals surface area contributed by atoms with Gasteiger partial charge in [0.15, 0.2) is 0 Å². The predicted octanol–water partition coefficient (Wildman–Crippen LogP) is 2.31. The maximum absolute atomic E-state index is 12.1. The number of hydrogen-bond donors (Lipinski definition) is 2. The van der Waals surface area contributed by atoms with Gasteiger partial charge in [-0.25, -0.2) is 0 Å². The Morgan fingerprint density at radius 2 is 2.14 bits per heavy atom. The van der Waals surface area contributed by atoms with Crippen LogP contribution in [-0.2, 0) is 11.3 Å². The molecule has 21 heavy (non-hydrogen) atoms. The minimum Gasteiger partial charge on any atom is -0.394 e. The summed E-state index contributed by atoms with van der Waals surface area (Å²) in [5.41, 5.74) is 0.702. The number of benzene rings is 1. The van der Waals surface area contributed by atoms with E-state index in [1.54, 1.807) is 0 Å². The van der Waals surface area contributed by atoms with E-state index in [4.69, 9.17) is 0 Å². The largest absolute Gasteiger partial charge is 0.394 e. The lowest BCUT2D eigenvalue weighted by molar-refractivity contribution is -0.123. The Balaban J connectivity index is 1.61. The highest BCUT2D eigenvalue weighted by molar-refractivity contribution is 5.80. The van der Waals surface area contributed by atoms with E-state index >= 15 is 0 Å². The molecular weight excluding hydrogens is 264 g/mol. The van der Waals surface area contributed by atoms with Gasteiger partial charge in [0.25, 0.3) is 0 Å². The van der Waals surface area contributed by atoms with Crippen LogP contribution < -0.4 is 5.32 Å². The highest BCUT2D eigenvalue weighted by Crippen LogP contribution is 2.39. The van der Waals surface area contributed by atoms with E-state index in [9.17, 15) is 9.90 Å². The van der Waals surface area contributed by atoms with Gasteiger partial charge in [0.2, 0.25) is 5.91 Å². The van der Waals surface area contributed by atoms with Crippen LogP contribution in [0.1, 0.15) is 26.2 Å². The van der Waals surface area contributed by atoms with Crippen LogP contribution in [0.4, 0.5) is 0 Å². The second-order valence-corrected chi connectivity index (χ2v) is 6.22. The summed E-state index contributed by atoms with van der Waals surface area (Å²) >= 11 is 0. The first-order valence-electron chi connectivity index (χ1n) is 7.58. The Hall–Kier alpha value is -1.81. The van der Waals surface area contributed by atoms with Gasteiger partial charge in [-0.3, -0.25) is 4.79 Å². The second kappa shape index (κ2) is 5.53. The third-order valence-electron chi connectivity index (χ3n) is 4.49. The predicted molar refractivity (Wildman–Crippen MR) is 82.9 cm³/mol. The summed E-state index contributed by atoms with van der Waals surface area (Å²) in [4.78, 5) is 12.1. The fourth-order valence-corrected chi connectivity index (χ4v) is 2.93. The number of fused-ring (bicyclic) bond motifs is 1. The molecule has 0 saturated heterocycles. The number of nitrogens with zero attached hydrogens (tertiary/aromatic N) is 1. The minimum atomic E-state index is -0.449. The molecule has 0 radical (unpaired) electrons. The highest BCUT2D eigenvalue weighted by atomic mass is 16.3. The van der Waals surface area contributed by atoms with Gasteiger partial charge in [0.1, 0.15) is 0 Å². The zero-order valence-electron chi connectivity index (χ0n) is 12.4. The molecule has 3 rings (SSSR count). The number of amides is 1. The third-order valence-corrected chi connectivity index (χ3v) is 4.49. The van der Waals surface area contributed by atoms with Crippen molar-refractivity contribution >= 4 is 16.8 Å². The summed E-state index contributed by atoms with van der Waals surface area (Å²) in [5, 5.41) is 13.7. The van der Waals surface area contributed by atoms with Gasteiger partial charge in [-0.2, -0.15) is 0 Å². The van der Waals surface area contributed by atoms with Crippen LogP contribution in [0.25, 0.3) is 10.9 Å². The normalized spacial score (nSPS) is 17.6. The summed E-state index contributed by atoms with van der Waals surface area (Å²) in [7, 11) is 0. The monoisotopic (exact) mass is 286 g/mol. The van der Waals surface area contributed by atoms with Crippen molar-refractivity contribution in [1.29, 1.82) is 0 Å². The molecule has 1 aromatic carbocycles. The highest BCUT2D eigenvalue weighted by Gasteiger charge is 2.41. The van der Waals surface area contributed by atoms with Gasteiger partial charge >= 0.3 is 0 Å². The number of rotatable bonds is 6. The summed E-state index contributed by atoms with van der Waals surface area (Å²) in [6.07, 6.45) is 4.64. The van der Waals surface area contributed by atoms with Gasteiger partial charge in [-0.15, -0.1) is 0 Å². The van der Waals surface area contributed by atoms with Gasteiger partial charge < -0.3 is 15.0 Å². The van der Waals surface area contributed by atoms with E-state index in [2.05, 4.69) is 28.1 Å². The van der Waals surface area contributed by atoms with Crippen LogP contribution in [0, 0.1) is 5.92 Å². The molecule has 4 nitrogen and oxygen atoms in total. The Bertz CT molecular complexity index is 645. The van der Waals surface area contributed by atoms with Crippen LogP contribution in [0.2, 0.25) is 0 Å². The topological polar surface area (TPSA) is 54.3 Å². The van der Waals surface area contributed by atoms with Crippen molar-refractivity contribution in [2.45, 2.75) is 38.3 Å². The first kappa shape index (κ1) is 14.1. The number of para-hydroxylation sites is 1. The van der Waals surface area contributed by atoms with Crippen molar-refractivity contribution in [3.05, 3.63) is 36.5 Å². The Labute approximate surface area is 124 Å². The average Bonchev–Trinajstić information content (AvgIpc) is 3.27. The van der Waals surface area contributed by atoms with Crippen molar-refractivity contribution in [3.8, 4) is 0 Å². The van der Waals surface area contributed by atoms with Crippen molar-refractivity contribution in [2.24, 2.45) is 5.92 Å². The molecule has 1 amide bonds. The molecule has 1 heterocycles. The molecule has 4 heteroatoms. The molecule has 1 unspecified atom stereocenters. The standard InChI is InChI=1S/C17H22N2O2/c1-17(12-20,14-6-7-14)18-16(21)9-11-19-10-8-13-4-2-3-5-15(13)19/h2-5,8,10,14,20H,6-7,9,11-12H2,1H3,(H,18,21). The Morgan fingerprint density at radius 3 is 2.86 bits per heavy atom. The van der Waals surface area contributed by atoms with Crippen molar-refractivity contribution in [1.82, 2.24) is 9.88 Å². The van der Waals surface area contributed by atoms with E-state index in [0.29, 0.717) is 18.9 Å². The number of aryl methyl sites for hydroxylation is 1. The summed E-state index contributed by atoms with van der Waals surface area (Å²) in [6, 6.07) is 10.2. The molecule has 0 aliphatic heterocycles. The molecule has 2 N–H and O–H groups in total. The molecule has 0 spiro atoms. The molecule has 1 aromatic heterocycles. The van der Waals surface area contributed by atoms with Crippen molar-refractivity contribution in [2.75, 3.05) is 6.61 Å². The van der Waals surface area contributed by atoms with Crippen LogP contribution in [0.3, 0.4) is 0 Å². The molecule has 1 aliphatic carbocycles. The first-order valence-corrected chi connectivity index (χ1v) is 7.58. The van der Waals surface area contributed by atoms with Gasteiger partial charge in [-0.1, -0.05) is 18.2 Å². The maximum Gasteiger partial charge on any atom is 0.222 e. The van der Waals surface area contributed by atoms with E-state index in [0.717, 1.165) is 18.4 Å². The lowest BCUT2D eigenvalue weighted by Gasteiger charge is -2.28. The summed E-state index contributed by atoms with van der Waals surface area (Å²) in [6.45, 7) is 2.61. The number of carbonyl (C=O) groups is 1. The Morgan fingerprint density at radius 1 is 1.38 bits per heavy atom. The van der Waals surface area contributed by atoms with Crippen LogP contribution in [0.15, 0.2) is 36.5 Å². The quantitative estimate of drug-likeness (QED) is 0.856. The summed E-state index contributed by atoms with van der Waals surface area (Å²) in [5.74, 6) is 0.440. The lowest BCUT2D eigenvalue weighted by Crippen LogP contribution is -2.50. The molecule has 2 aromatic rings. The first-order chi connectivity index (χ1) is 10.1. The summed E-state index contributed by atoms with van der Waals surface area (Å²) < 4.78 is 2.10. The number of hydrogen-bond acceptors (Lipinski definition) is 2. The van der Waals surface area contributed by atoms with Gasteiger partial charge in [-0.05, 0) is 43.2 Å². The fourth-order valence-electron chi connectivity index (χ4n) is 2.93. The lowest BCUT2D eigenvalue weighted by atomic mass is 9.97.